The van der Waals surface area contributed by atoms with E-state index in [0.29, 0.717) is 11.8 Å². The Morgan fingerprint density at radius 2 is 2.18 bits per heavy atom. The van der Waals surface area contributed by atoms with E-state index in [0.717, 1.165) is 25.5 Å². The standard InChI is InChI=1S/C13H23N3O/c1-11(2)10-14-8-9-16(3)12-6-5-7-13(15-12)17-4/h5-7,11,14H,8-10H2,1-4H3. The molecule has 1 aromatic rings. The predicted octanol–water partition coefficient (Wildman–Crippen LogP) is 1.77. The number of ether oxygens (including phenoxy) is 1. The summed E-state index contributed by atoms with van der Waals surface area (Å²) in [4.78, 5) is 6.50. The van der Waals surface area contributed by atoms with Gasteiger partial charge in [0.2, 0.25) is 5.88 Å². The molecule has 1 N–H and O–H groups in total. The first-order valence-corrected chi connectivity index (χ1v) is 6.06. The van der Waals surface area contributed by atoms with Gasteiger partial charge < -0.3 is 15.0 Å². The van der Waals surface area contributed by atoms with E-state index in [9.17, 15) is 0 Å². The lowest BCUT2D eigenvalue weighted by atomic mass is 10.2. The highest BCUT2D eigenvalue weighted by Gasteiger charge is 2.03. The van der Waals surface area contributed by atoms with Crippen LogP contribution in [0.1, 0.15) is 13.8 Å². The van der Waals surface area contributed by atoms with Crippen LogP contribution < -0.4 is 15.0 Å². The van der Waals surface area contributed by atoms with Crippen molar-refractivity contribution >= 4 is 5.82 Å². The molecule has 0 bridgehead atoms. The Labute approximate surface area is 104 Å². The molecule has 0 unspecified atom stereocenters. The zero-order chi connectivity index (χ0) is 12.7. The topological polar surface area (TPSA) is 37.4 Å². The van der Waals surface area contributed by atoms with E-state index < -0.39 is 0 Å². The van der Waals surface area contributed by atoms with Gasteiger partial charge in [-0.25, -0.2) is 0 Å². The molecular weight excluding hydrogens is 214 g/mol. The van der Waals surface area contributed by atoms with Crippen LogP contribution in [0.3, 0.4) is 0 Å². The number of aromatic nitrogens is 1. The smallest absolute Gasteiger partial charge is 0.214 e. The number of nitrogens with zero attached hydrogens (tertiary/aromatic N) is 2. The van der Waals surface area contributed by atoms with Crippen molar-refractivity contribution in [2.45, 2.75) is 13.8 Å². The van der Waals surface area contributed by atoms with E-state index in [1.165, 1.54) is 0 Å². The lowest BCUT2D eigenvalue weighted by Gasteiger charge is -2.19. The van der Waals surface area contributed by atoms with Crippen molar-refractivity contribution in [3.8, 4) is 5.88 Å². The summed E-state index contributed by atoms with van der Waals surface area (Å²) in [6.07, 6.45) is 0. The second kappa shape index (κ2) is 7.12. The maximum absolute atomic E-state index is 5.11. The summed E-state index contributed by atoms with van der Waals surface area (Å²) in [5.41, 5.74) is 0. The zero-order valence-electron chi connectivity index (χ0n) is 11.2. The number of likely N-dealkylation sites (N-methyl/N-ethyl adjacent to an activating group) is 1. The Morgan fingerprint density at radius 3 is 2.82 bits per heavy atom. The van der Waals surface area contributed by atoms with E-state index >= 15 is 0 Å². The first-order valence-electron chi connectivity index (χ1n) is 6.06. The molecule has 1 aromatic heterocycles. The first kappa shape index (κ1) is 13.8. The minimum absolute atomic E-state index is 0.657. The molecule has 0 aliphatic carbocycles. The third-order valence-corrected chi connectivity index (χ3v) is 2.49. The van der Waals surface area contributed by atoms with Gasteiger partial charge in [-0.05, 0) is 18.5 Å². The Balaban J connectivity index is 2.38. The van der Waals surface area contributed by atoms with E-state index in [1.54, 1.807) is 7.11 Å². The second-order valence-electron chi connectivity index (χ2n) is 4.56. The first-order chi connectivity index (χ1) is 8.13. The van der Waals surface area contributed by atoms with Crippen molar-refractivity contribution in [3.63, 3.8) is 0 Å². The lowest BCUT2D eigenvalue weighted by molar-refractivity contribution is 0.398. The van der Waals surface area contributed by atoms with Crippen LogP contribution in [0, 0.1) is 5.92 Å². The summed E-state index contributed by atoms with van der Waals surface area (Å²) in [5.74, 6) is 2.29. The fourth-order valence-corrected chi connectivity index (χ4v) is 1.48. The number of hydrogen-bond acceptors (Lipinski definition) is 4. The number of anilines is 1. The van der Waals surface area contributed by atoms with Crippen LogP contribution in [0.2, 0.25) is 0 Å². The molecule has 4 heteroatoms. The van der Waals surface area contributed by atoms with Crippen LogP contribution in [-0.4, -0.2) is 38.8 Å². The van der Waals surface area contributed by atoms with Gasteiger partial charge in [-0.2, -0.15) is 4.98 Å². The normalized spacial score (nSPS) is 10.6. The summed E-state index contributed by atoms with van der Waals surface area (Å²) in [7, 11) is 3.68. The highest BCUT2D eigenvalue weighted by Crippen LogP contribution is 2.13. The van der Waals surface area contributed by atoms with Crippen LogP contribution >= 0.6 is 0 Å². The lowest BCUT2D eigenvalue weighted by Crippen LogP contribution is -2.31. The molecule has 0 saturated heterocycles. The molecular formula is C13H23N3O. The molecule has 96 valence electrons. The SMILES string of the molecule is COc1cccc(N(C)CCNCC(C)C)n1. The third-order valence-electron chi connectivity index (χ3n) is 2.49. The summed E-state index contributed by atoms with van der Waals surface area (Å²) in [5, 5.41) is 3.41. The van der Waals surface area contributed by atoms with Crippen molar-refractivity contribution < 1.29 is 4.74 Å². The number of methoxy groups -OCH3 is 1. The monoisotopic (exact) mass is 237 g/mol. The molecule has 0 radical (unpaired) electrons. The van der Waals surface area contributed by atoms with Crippen molar-refractivity contribution in [1.82, 2.24) is 10.3 Å². The van der Waals surface area contributed by atoms with Gasteiger partial charge in [-0.3, -0.25) is 0 Å². The van der Waals surface area contributed by atoms with E-state index in [1.807, 2.05) is 25.2 Å². The van der Waals surface area contributed by atoms with Gasteiger partial charge in [0.1, 0.15) is 5.82 Å². The maximum atomic E-state index is 5.11. The van der Waals surface area contributed by atoms with Crippen LogP contribution in [0.25, 0.3) is 0 Å². The molecule has 17 heavy (non-hydrogen) atoms. The number of pyridine rings is 1. The number of nitrogens with one attached hydrogen (secondary N) is 1. The molecule has 0 amide bonds. The molecule has 4 nitrogen and oxygen atoms in total. The molecule has 0 atom stereocenters. The highest BCUT2D eigenvalue weighted by molar-refractivity contribution is 5.39. The number of hydrogen-bond donors (Lipinski definition) is 1. The maximum Gasteiger partial charge on any atom is 0.214 e. The van der Waals surface area contributed by atoms with Crippen molar-refractivity contribution in [2.24, 2.45) is 5.92 Å². The van der Waals surface area contributed by atoms with Gasteiger partial charge in [-0.1, -0.05) is 19.9 Å². The molecule has 0 aromatic carbocycles. The van der Waals surface area contributed by atoms with Crippen molar-refractivity contribution in [1.29, 1.82) is 0 Å². The molecule has 0 spiro atoms. The fourth-order valence-electron chi connectivity index (χ4n) is 1.48. The minimum atomic E-state index is 0.657. The molecule has 0 aliphatic heterocycles. The molecule has 0 aliphatic rings. The summed E-state index contributed by atoms with van der Waals surface area (Å²) in [6.45, 7) is 7.38. The van der Waals surface area contributed by atoms with Gasteiger partial charge in [0, 0.05) is 26.2 Å². The Kier molecular flexibility index (Phi) is 5.77. The third kappa shape index (κ3) is 5.04. The average molecular weight is 237 g/mol. The predicted molar refractivity (Wildman–Crippen MR) is 71.8 cm³/mol. The highest BCUT2D eigenvalue weighted by atomic mass is 16.5. The Bertz CT molecular complexity index is 328. The van der Waals surface area contributed by atoms with E-state index in [4.69, 9.17) is 4.74 Å². The second-order valence-corrected chi connectivity index (χ2v) is 4.56. The summed E-state index contributed by atoms with van der Waals surface area (Å²) < 4.78 is 5.11. The summed E-state index contributed by atoms with van der Waals surface area (Å²) >= 11 is 0. The Hall–Kier alpha value is -1.29. The van der Waals surface area contributed by atoms with E-state index in [2.05, 4.69) is 29.0 Å². The van der Waals surface area contributed by atoms with Gasteiger partial charge >= 0.3 is 0 Å². The molecule has 1 rings (SSSR count). The fraction of sp³-hybridized carbons (Fsp3) is 0.615. The largest absolute Gasteiger partial charge is 0.481 e. The van der Waals surface area contributed by atoms with Gasteiger partial charge in [0.15, 0.2) is 0 Å². The number of rotatable bonds is 7. The van der Waals surface area contributed by atoms with Crippen LogP contribution in [0.15, 0.2) is 18.2 Å². The van der Waals surface area contributed by atoms with Crippen molar-refractivity contribution in [2.75, 3.05) is 38.7 Å². The van der Waals surface area contributed by atoms with Gasteiger partial charge in [0.25, 0.3) is 0 Å². The van der Waals surface area contributed by atoms with Crippen LogP contribution in [0.5, 0.6) is 5.88 Å². The van der Waals surface area contributed by atoms with Crippen molar-refractivity contribution in [3.05, 3.63) is 18.2 Å². The summed E-state index contributed by atoms with van der Waals surface area (Å²) in [6, 6.07) is 5.80. The average Bonchev–Trinajstić information content (AvgIpc) is 2.34. The minimum Gasteiger partial charge on any atom is -0.481 e. The van der Waals surface area contributed by atoms with Crippen LogP contribution in [0.4, 0.5) is 5.82 Å². The van der Waals surface area contributed by atoms with Gasteiger partial charge in [-0.15, -0.1) is 0 Å². The Morgan fingerprint density at radius 1 is 1.41 bits per heavy atom. The zero-order valence-corrected chi connectivity index (χ0v) is 11.2. The van der Waals surface area contributed by atoms with Crippen LogP contribution in [-0.2, 0) is 0 Å². The van der Waals surface area contributed by atoms with Gasteiger partial charge in [0.05, 0.1) is 7.11 Å². The molecule has 0 fully saturated rings. The quantitative estimate of drug-likeness (QED) is 0.733. The molecule has 1 heterocycles. The van der Waals surface area contributed by atoms with E-state index in [-0.39, 0.29) is 0 Å². The molecule has 0 saturated carbocycles.